The highest BCUT2D eigenvalue weighted by molar-refractivity contribution is 4.78. The summed E-state index contributed by atoms with van der Waals surface area (Å²) in [6.45, 7) is 6.95. The molecule has 1 saturated carbocycles. The minimum Gasteiger partial charge on any atom is -0.390 e. The summed E-state index contributed by atoms with van der Waals surface area (Å²) >= 11 is 0. The number of hydrogen-bond donors (Lipinski definition) is 2. The number of aliphatic hydroxyl groups is 1. The van der Waals surface area contributed by atoms with Crippen LogP contribution in [0.2, 0.25) is 0 Å². The fraction of sp³-hybridized carbons (Fsp3) is 1.00. The van der Waals surface area contributed by atoms with E-state index in [1.54, 1.807) is 0 Å². The molecule has 0 bridgehead atoms. The Labute approximate surface area is 88.1 Å². The van der Waals surface area contributed by atoms with E-state index in [4.69, 9.17) is 0 Å². The molecule has 2 heteroatoms. The van der Waals surface area contributed by atoms with Crippen molar-refractivity contribution in [2.45, 2.75) is 64.5 Å². The summed E-state index contributed by atoms with van der Waals surface area (Å²) in [5, 5.41) is 13.1. The molecule has 0 aromatic carbocycles. The fourth-order valence-corrected chi connectivity index (χ4v) is 2.23. The van der Waals surface area contributed by atoms with E-state index in [1.165, 1.54) is 25.7 Å². The molecule has 14 heavy (non-hydrogen) atoms. The summed E-state index contributed by atoms with van der Waals surface area (Å²) in [6, 6.07) is 0.625. The van der Waals surface area contributed by atoms with E-state index in [-0.39, 0.29) is 0 Å². The van der Waals surface area contributed by atoms with E-state index in [2.05, 4.69) is 12.2 Å². The summed E-state index contributed by atoms with van der Waals surface area (Å²) in [5.41, 5.74) is -0.525. The van der Waals surface area contributed by atoms with Crippen molar-refractivity contribution in [1.29, 1.82) is 0 Å². The molecule has 0 aromatic heterocycles. The van der Waals surface area contributed by atoms with Gasteiger partial charge in [0.05, 0.1) is 5.60 Å². The number of nitrogens with one attached hydrogen (secondary N) is 1. The minimum atomic E-state index is -0.525. The van der Waals surface area contributed by atoms with Crippen LogP contribution in [-0.2, 0) is 0 Å². The van der Waals surface area contributed by atoms with Crippen LogP contribution in [0.5, 0.6) is 0 Å². The van der Waals surface area contributed by atoms with Gasteiger partial charge in [0.1, 0.15) is 0 Å². The molecular weight excluding hydrogens is 174 g/mol. The lowest BCUT2D eigenvalue weighted by molar-refractivity contribution is 0.0699. The number of rotatable bonds is 5. The second-order valence-electron chi connectivity index (χ2n) is 5.35. The molecule has 0 aromatic rings. The van der Waals surface area contributed by atoms with Gasteiger partial charge in [-0.05, 0) is 52.5 Å². The Bertz CT molecular complexity index is 156. The van der Waals surface area contributed by atoms with Crippen LogP contribution in [0.1, 0.15) is 52.9 Å². The smallest absolute Gasteiger partial charge is 0.0603 e. The van der Waals surface area contributed by atoms with Gasteiger partial charge in [0.15, 0.2) is 0 Å². The molecule has 0 aliphatic heterocycles. The van der Waals surface area contributed by atoms with Gasteiger partial charge < -0.3 is 10.4 Å². The van der Waals surface area contributed by atoms with Gasteiger partial charge in [-0.2, -0.15) is 0 Å². The third-order valence-electron chi connectivity index (χ3n) is 3.31. The van der Waals surface area contributed by atoms with Crippen molar-refractivity contribution < 1.29 is 5.11 Å². The summed E-state index contributed by atoms with van der Waals surface area (Å²) in [4.78, 5) is 0. The van der Waals surface area contributed by atoms with E-state index >= 15 is 0 Å². The summed E-state index contributed by atoms with van der Waals surface area (Å²) in [5.74, 6) is 0.872. The van der Waals surface area contributed by atoms with Crippen LogP contribution < -0.4 is 5.32 Å². The predicted octanol–water partition coefficient (Wildman–Crippen LogP) is 2.32. The van der Waals surface area contributed by atoms with Gasteiger partial charge in [-0.15, -0.1) is 0 Å². The largest absolute Gasteiger partial charge is 0.390 e. The van der Waals surface area contributed by atoms with Crippen LogP contribution >= 0.6 is 0 Å². The standard InChI is InChI=1S/C12H25NO/c1-10(11-6-4-5-7-11)13-9-8-12(2,3)14/h10-11,13-14H,4-9H2,1-3H3/t10-/m0/s1. The van der Waals surface area contributed by atoms with Gasteiger partial charge >= 0.3 is 0 Å². The van der Waals surface area contributed by atoms with Crippen LogP contribution in [-0.4, -0.2) is 23.3 Å². The Morgan fingerprint density at radius 3 is 2.43 bits per heavy atom. The molecule has 1 atom stereocenters. The van der Waals surface area contributed by atoms with E-state index in [9.17, 15) is 5.11 Å². The molecular formula is C12H25NO. The summed E-state index contributed by atoms with van der Waals surface area (Å²) < 4.78 is 0. The van der Waals surface area contributed by atoms with Gasteiger partial charge in [0.2, 0.25) is 0 Å². The quantitative estimate of drug-likeness (QED) is 0.712. The minimum absolute atomic E-state index is 0.525. The molecule has 84 valence electrons. The fourth-order valence-electron chi connectivity index (χ4n) is 2.23. The molecule has 1 aliphatic carbocycles. The molecule has 0 amide bonds. The second-order valence-corrected chi connectivity index (χ2v) is 5.35. The topological polar surface area (TPSA) is 32.3 Å². The Hall–Kier alpha value is -0.0800. The first-order chi connectivity index (χ1) is 6.49. The SMILES string of the molecule is C[C@H](NCCC(C)(C)O)C1CCCC1. The lowest BCUT2D eigenvalue weighted by atomic mass is 9.99. The van der Waals surface area contributed by atoms with Crippen LogP contribution in [0.25, 0.3) is 0 Å². The monoisotopic (exact) mass is 199 g/mol. The second kappa shape index (κ2) is 5.13. The van der Waals surface area contributed by atoms with Crippen molar-refractivity contribution in [3.05, 3.63) is 0 Å². The Kier molecular flexibility index (Phi) is 4.39. The van der Waals surface area contributed by atoms with E-state index < -0.39 is 5.60 Å². The van der Waals surface area contributed by atoms with Crippen LogP contribution in [0, 0.1) is 5.92 Å². The van der Waals surface area contributed by atoms with E-state index in [1.807, 2.05) is 13.8 Å². The normalized spacial score (nSPS) is 21.4. The van der Waals surface area contributed by atoms with Crippen molar-refractivity contribution in [1.82, 2.24) is 5.32 Å². The zero-order chi connectivity index (χ0) is 10.6. The summed E-state index contributed by atoms with van der Waals surface area (Å²) in [7, 11) is 0. The Morgan fingerprint density at radius 1 is 1.36 bits per heavy atom. The molecule has 1 aliphatic rings. The van der Waals surface area contributed by atoms with Gasteiger partial charge in [0, 0.05) is 6.04 Å². The first-order valence-electron chi connectivity index (χ1n) is 5.95. The lowest BCUT2D eigenvalue weighted by Gasteiger charge is -2.23. The van der Waals surface area contributed by atoms with Crippen molar-refractivity contribution in [2.24, 2.45) is 5.92 Å². The van der Waals surface area contributed by atoms with Gasteiger partial charge in [-0.1, -0.05) is 12.8 Å². The van der Waals surface area contributed by atoms with Crippen LogP contribution in [0.15, 0.2) is 0 Å². The lowest BCUT2D eigenvalue weighted by Crippen LogP contribution is -2.36. The van der Waals surface area contributed by atoms with Crippen LogP contribution in [0.4, 0.5) is 0 Å². The first kappa shape index (κ1) is 12.0. The maximum atomic E-state index is 9.56. The highest BCUT2D eigenvalue weighted by Gasteiger charge is 2.21. The van der Waals surface area contributed by atoms with Crippen molar-refractivity contribution >= 4 is 0 Å². The van der Waals surface area contributed by atoms with Gasteiger partial charge in [0.25, 0.3) is 0 Å². The van der Waals surface area contributed by atoms with Gasteiger partial charge in [-0.25, -0.2) is 0 Å². The molecule has 0 spiro atoms. The summed E-state index contributed by atoms with van der Waals surface area (Å²) in [6.07, 6.45) is 6.42. The zero-order valence-corrected chi connectivity index (χ0v) is 9.84. The molecule has 1 fully saturated rings. The van der Waals surface area contributed by atoms with Crippen molar-refractivity contribution in [3.8, 4) is 0 Å². The molecule has 2 nitrogen and oxygen atoms in total. The molecule has 0 unspecified atom stereocenters. The zero-order valence-electron chi connectivity index (χ0n) is 9.84. The Balaban J connectivity index is 2.11. The number of hydrogen-bond acceptors (Lipinski definition) is 2. The van der Waals surface area contributed by atoms with Crippen molar-refractivity contribution in [2.75, 3.05) is 6.54 Å². The van der Waals surface area contributed by atoms with Gasteiger partial charge in [-0.3, -0.25) is 0 Å². The molecule has 2 N–H and O–H groups in total. The molecule has 0 saturated heterocycles. The average Bonchev–Trinajstić information content (AvgIpc) is 2.53. The molecule has 1 rings (SSSR count). The molecule has 0 heterocycles. The highest BCUT2D eigenvalue weighted by Crippen LogP contribution is 2.27. The molecule has 0 radical (unpaired) electrons. The Morgan fingerprint density at radius 2 is 1.93 bits per heavy atom. The predicted molar refractivity (Wildman–Crippen MR) is 60.3 cm³/mol. The first-order valence-corrected chi connectivity index (χ1v) is 5.95. The average molecular weight is 199 g/mol. The maximum absolute atomic E-state index is 9.56. The van der Waals surface area contributed by atoms with Crippen molar-refractivity contribution in [3.63, 3.8) is 0 Å². The third kappa shape index (κ3) is 4.43. The van der Waals surface area contributed by atoms with E-state index in [0.717, 1.165) is 18.9 Å². The van der Waals surface area contributed by atoms with E-state index in [0.29, 0.717) is 6.04 Å². The maximum Gasteiger partial charge on any atom is 0.0603 e. The highest BCUT2D eigenvalue weighted by atomic mass is 16.3. The third-order valence-corrected chi connectivity index (χ3v) is 3.31. The van der Waals surface area contributed by atoms with Crippen LogP contribution in [0.3, 0.4) is 0 Å².